The van der Waals surface area contributed by atoms with Crippen LogP contribution < -0.4 is 5.32 Å². The van der Waals surface area contributed by atoms with Crippen LogP contribution in [-0.4, -0.2) is 46.7 Å². The second-order valence-electron chi connectivity index (χ2n) is 7.52. The van der Waals surface area contributed by atoms with Gasteiger partial charge in [-0.05, 0) is 69.5 Å². The molecule has 3 aromatic rings. The number of benzene rings is 1. The summed E-state index contributed by atoms with van der Waals surface area (Å²) in [5, 5.41) is 15.0. The molecule has 6 heteroatoms. The van der Waals surface area contributed by atoms with Crippen molar-refractivity contribution in [2.45, 2.75) is 25.7 Å². The summed E-state index contributed by atoms with van der Waals surface area (Å²) in [6.07, 6.45) is 5.03. The molecule has 0 saturated heterocycles. The zero-order valence-electron chi connectivity index (χ0n) is 15.6. The van der Waals surface area contributed by atoms with Gasteiger partial charge >= 0.3 is 0 Å². The molecule has 4 rings (SSSR count). The fourth-order valence-corrected chi connectivity index (χ4v) is 3.68. The minimum Gasteiger partial charge on any atom is -0.493 e. The third kappa shape index (κ3) is 4.42. The largest absolute Gasteiger partial charge is 0.493 e. The highest BCUT2D eigenvalue weighted by Gasteiger charge is 2.22. The first kappa shape index (κ1) is 18.3. The quantitative estimate of drug-likeness (QED) is 0.436. The van der Waals surface area contributed by atoms with Crippen LogP contribution in [-0.2, 0) is 0 Å². The number of pyridine rings is 2. The van der Waals surface area contributed by atoms with E-state index in [4.69, 9.17) is 11.6 Å². The summed E-state index contributed by atoms with van der Waals surface area (Å²) in [6.45, 7) is 3.22. The standard InChI is InChI=1S/C21H25ClN4O/c1-26(13-14-4-5-14)11-3-2-10-23-20-16-7-6-15(22)12-18(16)24-17-8-9-19(27)25-21(17)20/h6-9,12,14H,2-5,10-11,13H2,1H3,(H,23,24)(H,25,27). The first-order valence-electron chi connectivity index (χ1n) is 9.61. The number of nitrogens with zero attached hydrogens (tertiary/aromatic N) is 3. The van der Waals surface area contributed by atoms with Crippen molar-refractivity contribution in [1.29, 1.82) is 0 Å². The Labute approximate surface area is 164 Å². The second-order valence-corrected chi connectivity index (χ2v) is 7.96. The number of anilines is 1. The van der Waals surface area contributed by atoms with Crippen molar-refractivity contribution < 1.29 is 5.11 Å². The minimum atomic E-state index is 0.00219. The van der Waals surface area contributed by atoms with E-state index in [2.05, 4.69) is 27.2 Å². The van der Waals surface area contributed by atoms with Crippen molar-refractivity contribution in [3.05, 3.63) is 35.4 Å². The molecule has 0 spiro atoms. The number of fused-ring (bicyclic) bond motifs is 2. The zero-order valence-corrected chi connectivity index (χ0v) is 16.3. The van der Waals surface area contributed by atoms with Crippen LogP contribution in [0.1, 0.15) is 25.7 Å². The Kier molecular flexibility index (Phi) is 5.32. The van der Waals surface area contributed by atoms with Gasteiger partial charge in [0.2, 0.25) is 5.88 Å². The lowest BCUT2D eigenvalue weighted by Crippen LogP contribution is -2.22. The molecule has 0 bridgehead atoms. The Morgan fingerprint density at radius 1 is 1.15 bits per heavy atom. The Bertz CT molecular complexity index is 958. The summed E-state index contributed by atoms with van der Waals surface area (Å²) in [6, 6.07) is 9.03. The Morgan fingerprint density at radius 3 is 2.81 bits per heavy atom. The van der Waals surface area contributed by atoms with Crippen molar-refractivity contribution >= 4 is 39.2 Å². The molecular weight excluding hydrogens is 360 g/mol. The topological polar surface area (TPSA) is 61.3 Å². The van der Waals surface area contributed by atoms with Gasteiger partial charge in [-0.25, -0.2) is 9.97 Å². The summed E-state index contributed by atoms with van der Waals surface area (Å²) in [7, 11) is 2.21. The van der Waals surface area contributed by atoms with E-state index in [1.165, 1.54) is 19.4 Å². The molecule has 1 aromatic carbocycles. The van der Waals surface area contributed by atoms with Gasteiger partial charge in [0, 0.05) is 29.6 Å². The predicted molar refractivity (Wildman–Crippen MR) is 112 cm³/mol. The van der Waals surface area contributed by atoms with Gasteiger partial charge in [0.1, 0.15) is 5.52 Å². The van der Waals surface area contributed by atoms with Gasteiger partial charge in [-0.2, -0.15) is 0 Å². The molecule has 1 fully saturated rings. The molecule has 1 saturated carbocycles. The van der Waals surface area contributed by atoms with Crippen LogP contribution in [0.25, 0.3) is 21.9 Å². The van der Waals surface area contributed by atoms with Gasteiger partial charge in [0.25, 0.3) is 0 Å². The van der Waals surface area contributed by atoms with Crippen molar-refractivity contribution in [3.8, 4) is 5.88 Å². The number of aromatic nitrogens is 2. The van der Waals surface area contributed by atoms with Crippen LogP contribution in [0, 0.1) is 5.92 Å². The number of unbranched alkanes of at least 4 members (excludes halogenated alkanes) is 1. The molecule has 2 N–H and O–H groups in total. The summed E-state index contributed by atoms with van der Waals surface area (Å²) >= 11 is 6.14. The first-order chi connectivity index (χ1) is 13.1. The molecule has 5 nitrogen and oxygen atoms in total. The van der Waals surface area contributed by atoms with Crippen molar-refractivity contribution in [1.82, 2.24) is 14.9 Å². The van der Waals surface area contributed by atoms with Gasteiger partial charge in [-0.1, -0.05) is 11.6 Å². The predicted octanol–water partition coefficient (Wildman–Crippen LogP) is 4.68. The van der Waals surface area contributed by atoms with E-state index < -0.39 is 0 Å². The highest BCUT2D eigenvalue weighted by atomic mass is 35.5. The molecule has 142 valence electrons. The summed E-state index contributed by atoms with van der Waals surface area (Å²) < 4.78 is 0. The van der Waals surface area contributed by atoms with Gasteiger partial charge in [0.05, 0.1) is 16.7 Å². The average Bonchev–Trinajstić information content (AvgIpc) is 3.44. The highest BCUT2D eigenvalue weighted by Crippen LogP contribution is 2.32. The molecular formula is C21H25ClN4O. The lowest BCUT2D eigenvalue weighted by Gasteiger charge is -2.16. The molecule has 0 atom stereocenters. The monoisotopic (exact) mass is 384 g/mol. The number of nitrogens with one attached hydrogen (secondary N) is 1. The SMILES string of the molecule is CN(CCCCNc1c2ccc(Cl)cc2nc2ccc(O)nc12)CC1CC1. The smallest absolute Gasteiger partial charge is 0.211 e. The van der Waals surface area contributed by atoms with Gasteiger partial charge in [-0.15, -0.1) is 0 Å². The molecule has 0 radical (unpaired) electrons. The van der Waals surface area contributed by atoms with E-state index in [9.17, 15) is 5.11 Å². The fraction of sp³-hybridized carbons (Fsp3) is 0.429. The maximum atomic E-state index is 9.83. The average molecular weight is 385 g/mol. The van der Waals surface area contributed by atoms with E-state index in [1.807, 2.05) is 18.2 Å². The summed E-state index contributed by atoms with van der Waals surface area (Å²) in [5.41, 5.74) is 3.17. The number of hydrogen-bond donors (Lipinski definition) is 2. The molecule has 2 aromatic heterocycles. The molecule has 1 aliphatic carbocycles. The Morgan fingerprint density at radius 2 is 2.00 bits per heavy atom. The van der Waals surface area contributed by atoms with Crippen LogP contribution in [0.5, 0.6) is 5.88 Å². The van der Waals surface area contributed by atoms with Crippen molar-refractivity contribution in [2.75, 3.05) is 32.0 Å². The molecule has 2 heterocycles. The minimum absolute atomic E-state index is 0.00219. The summed E-state index contributed by atoms with van der Waals surface area (Å²) in [4.78, 5) is 11.4. The molecule has 1 aliphatic rings. The number of halogens is 1. The van der Waals surface area contributed by atoms with Crippen molar-refractivity contribution in [2.24, 2.45) is 5.92 Å². The number of rotatable bonds is 8. The number of aromatic hydroxyl groups is 1. The first-order valence-corrected chi connectivity index (χ1v) is 9.99. The van der Waals surface area contributed by atoms with Crippen LogP contribution in [0.3, 0.4) is 0 Å². The molecule has 0 amide bonds. The van der Waals surface area contributed by atoms with E-state index in [0.29, 0.717) is 10.5 Å². The van der Waals surface area contributed by atoms with E-state index >= 15 is 0 Å². The number of hydrogen-bond acceptors (Lipinski definition) is 5. The van der Waals surface area contributed by atoms with E-state index in [0.717, 1.165) is 54.0 Å². The zero-order chi connectivity index (χ0) is 18.8. The van der Waals surface area contributed by atoms with Crippen LogP contribution in [0.15, 0.2) is 30.3 Å². The van der Waals surface area contributed by atoms with Gasteiger partial charge in [0.15, 0.2) is 0 Å². The van der Waals surface area contributed by atoms with E-state index in [1.54, 1.807) is 12.1 Å². The fourth-order valence-electron chi connectivity index (χ4n) is 3.51. The van der Waals surface area contributed by atoms with Gasteiger partial charge in [-0.3, -0.25) is 0 Å². The van der Waals surface area contributed by atoms with Gasteiger partial charge < -0.3 is 15.3 Å². The maximum Gasteiger partial charge on any atom is 0.211 e. The Balaban J connectivity index is 1.49. The second kappa shape index (κ2) is 7.87. The lowest BCUT2D eigenvalue weighted by atomic mass is 10.1. The molecule has 0 aliphatic heterocycles. The lowest BCUT2D eigenvalue weighted by molar-refractivity contribution is 0.314. The van der Waals surface area contributed by atoms with Crippen LogP contribution in [0.4, 0.5) is 5.69 Å². The summed E-state index contributed by atoms with van der Waals surface area (Å²) in [5.74, 6) is 0.940. The van der Waals surface area contributed by atoms with E-state index in [-0.39, 0.29) is 5.88 Å². The highest BCUT2D eigenvalue weighted by molar-refractivity contribution is 6.31. The van der Waals surface area contributed by atoms with Crippen LogP contribution >= 0.6 is 11.6 Å². The third-order valence-corrected chi connectivity index (χ3v) is 5.34. The molecule has 0 unspecified atom stereocenters. The molecule has 27 heavy (non-hydrogen) atoms. The van der Waals surface area contributed by atoms with Crippen LogP contribution in [0.2, 0.25) is 5.02 Å². The third-order valence-electron chi connectivity index (χ3n) is 5.10. The Hall–Kier alpha value is -2.11. The normalized spacial score (nSPS) is 14.3. The van der Waals surface area contributed by atoms with Crippen molar-refractivity contribution in [3.63, 3.8) is 0 Å². The maximum absolute atomic E-state index is 9.83.